The van der Waals surface area contributed by atoms with E-state index in [9.17, 15) is 9.18 Å². The smallest absolute Gasteiger partial charge is 0.273 e. The van der Waals surface area contributed by atoms with Crippen LogP contribution in [0.1, 0.15) is 29.8 Å². The van der Waals surface area contributed by atoms with Crippen LogP contribution in [0.25, 0.3) is 0 Å². The van der Waals surface area contributed by atoms with Crippen molar-refractivity contribution in [2.75, 3.05) is 18.0 Å². The van der Waals surface area contributed by atoms with Crippen LogP contribution >= 0.6 is 0 Å². The molecule has 0 aromatic carbocycles. The van der Waals surface area contributed by atoms with Gasteiger partial charge in [-0.3, -0.25) is 4.79 Å². The molecule has 1 aliphatic carbocycles. The zero-order chi connectivity index (χ0) is 15.9. The fourth-order valence-electron chi connectivity index (χ4n) is 3.42. The summed E-state index contributed by atoms with van der Waals surface area (Å²) in [6.45, 7) is 1.65. The van der Waals surface area contributed by atoms with Crippen molar-refractivity contribution in [3.05, 3.63) is 42.2 Å². The normalized spacial score (nSPS) is 22.1. The highest BCUT2D eigenvalue weighted by atomic mass is 19.1. The van der Waals surface area contributed by atoms with E-state index in [2.05, 4.69) is 20.4 Å². The maximum atomic E-state index is 13.2. The first-order valence-electron chi connectivity index (χ1n) is 7.75. The van der Waals surface area contributed by atoms with Crippen LogP contribution < -0.4 is 10.2 Å². The molecule has 3 heterocycles. The van der Waals surface area contributed by atoms with Gasteiger partial charge in [-0.15, -0.1) is 0 Å². The van der Waals surface area contributed by atoms with E-state index in [1.54, 1.807) is 12.1 Å². The van der Waals surface area contributed by atoms with E-state index in [1.807, 2.05) is 6.07 Å². The Hall–Kier alpha value is -2.44. The summed E-state index contributed by atoms with van der Waals surface area (Å²) in [5.41, 5.74) is 0.483. The average molecular weight is 316 g/mol. The topological polar surface area (TPSA) is 71.3 Å². The van der Waals surface area contributed by atoms with E-state index in [0.29, 0.717) is 11.5 Å². The largest absolute Gasteiger partial charge is 0.364 e. The minimum atomic E-state index is -0.452. The molecule has 2 fully saturated rings. The molecule has 4 rings (SSSR count). The van der Waals surface area contributed by atoms with Crippen LogP contribution in [-0.4, -0.2) is 35.2 Å². The van der Waals surface area contributed by atoms with E-state index in [4.69, 9.17) is 4.52 Å². The van der Waals surface area contributed by atoms with Gasteiger partial charge in [0.15, 0.2) is 5.69 Å². The number of hydrogen-bond acceptors (Lipinski definition) is 5. The van der Waals surface area contributed by atoms with Crippen molar-refractivity contribution in [2.45, 2.75) is 25.3 Å². The molecule has 1 saturated carbocycles. The van der Waals surface area contributed by atoms with E-state index >= 15 is 0 Å². The highest BCUT2D eigenvalue weighted by molar-refractivity contribution is 5.92. The maximum absolute atomic E-state index is 13.2. The van der Waals surface area contributed by atoms with E-state index < -0.39 is 5.95 Å². The number of rotatable bonds is 3. The van der Waals surface area contributed by atoms with E-state index in [0.717, 1.165) is 32.4 Å². The van der Waals surface area contributed by atoms with Crippen molar-refractivity contribution in [1.29, 1.82) is 0 Å². The lowest BCUT2D eigenvalue weighted by molar-refractivity contribution is 0.0934. The van der Waals surface area contributed by atoms with Crippen molar-refractivity contribution in [3.63, 3.8) is 0 Å². The van der Waals surface area contributed by atoms with Gasteiger partial charge in [0.1, 0.15) is 12.1 Å². The van der Waals surface area contributed by atoms with Crippen molar-refractivity contribution in [1.82, 2.24) is 15.5 Å². The minimum absolute atomic E-state index is 0.170. The summed E-state index contributed by atoms with van der Waals surface area (Å²) in [4.78, 5) is 18.0. The van der Waals surface area contributed by atoms with E-state index in [-0.39, 0.29) is 17.4 Å². The second kappa shape index (κ2) is 5.33. The van der Waals surface area contributed by atoms with Crippen LogP contribution in [0.2, 0.25) is 0 Å². The highest BCUT2D eigenvalue weighted by Gasteiger charge is 2.55. The third kappa shape index (κ3) is 2.67. The average Bonchev–Trinajstić information content (AvgIpc) is 3.00. The summed E-state index contributed by atoms with van der Waals surface area (Å²) in [5, 5.41) is 6.68. The fourth-order valence-corrected chi connectivity index (χ4v) is 3.42. The Morgan fingerprint density at radius 2 is 2.17 bits per heavy atom. The quantitative estimate of drug-likeness (QED) is 0.877. The summed E-state index contributed by atoms with van der Waals surface area (Å²) < 4.78 is 17.9. The number of halogens is 1. The Bertz CT molecular complexity index is 711. The summed E-state index contributed by atoms with van der Waals surface area (Å²) >= 11 is 0. The molecule has 0 bridgehead atoms. The Labute approximate surface area is 132 Å². The molecule has 1 N–H and O–H groups in total. The molecule has 2 aliphatic rings. The van der Waals surface area contributed by atoms with Crippen molar-refractivity contribution < 1.29 is 13.7 Å². The number of pyridine rings is 1. The van der Waals surface area contributed by atoms with Crippen LogP contribution in [0, 0.1) is 11.4 Å². The Morgan fingerprint density at radius 1 is 1.35 bits per heavy atom. The Morgan fingerprint density at radius 3 is 2.87 bits per heavy atom. The molecule has 1 spiro atoms. The molecule has 2 aromatic rings. The third-order valence-corrected chi connectivity index (χ3v) is 4.95. The van der Waals surface area contributed by atoms with Gasteiger partial charge in [0.05, 0.1) is 0 Å². The van der Waals surface area contributed by atoms with Gasteiger partial charge < -0.3 is 14.7 Å². The summed E-state index contributed by atoms with van der Waals surface area (Å²) in [5.74, 6) is 0.0468. The van der Waals surface area contributed by atoms with Crippen molar-refractivity contribution >= 4 is 11.7 Å². The fraction of sp³-hybridized carbons (Fsp3) is 0.438. The van der Waals surface area contributed by atoms with Crippen LogP contribution in [0.15, 0.2) is 35.1 Å². The van der Waals surface area contributed by atoms with Gasteiger partial charge in [-0.05, 0) is 36.8 Å². The van der Waals surface area contributed by atoms with E-state index in [1.165, 1.54) is 12.3 Å². The molecule has 1 aliphatic heterocycles. The lowest BCUT2D eigenvalue weighted by Gasteiger charge is -2.33. The summed E-state index contributed by atoms with van der Waals surface area (Å²) in [7, 11) is 0. The highest BCUT2D eigenvalue weighted by Crippen LogP contribution is 2.54. The molecular formula is C16H17FN4O2. The van der Waals surface area contributed by atoms with Crippen molar-refractivity contribution in [3.8, 4) is 0 Å². The van der Waals surface area contributed by atoms with Gasteiger partial charge in [-0.25, -0.2) is 4.98 Å². The minimum Gasteiger partial charge on any atom is -0.364 e. The molecule has 6 nitrogen and oxygen atoms in total. The standard InChI is InChI=1S/C16H17FN4O2/c17-13-2-1-3-14(19-13)21-7-5-16(6-8-21)10-12(16)18-15(22)11-4-9-23-20-11/h1-4,9,12H,5-8,10H2,(H,18,22). The summed E-state index contributed by atoms with van der Waals surface area (Å²) in [6, 6.07) is 6.61. The van der Waals surface area contributed by atoms with Gasteiger partial charge in [0.2, 0.25) is 5.95 Å². The first kappa shape index (κ1) is 14.2. The molecule has 120 valence electrons. The second-order valence-electron chi connectivity index (χ2n) is 6.28. The predicted molar refractivity (Wildman–Crippen MR) is 80.4 cm³/mol. The van der Waals surface area contributed by atoms with Gasteiger partial charge in [-0.1, -0.05) is 11.2 Å². The monoisotopic (exact) mass is 316 g/mol. The van der Waals surface area contributed by atoms with Gasteiger partial charge >= 0.3 is 0 Å². The molecule has 1 saturated heterocycles. The number of anilines is 1. The number of carbonyl (C=O) groups is 1. The molecule has 7 heteroatoms. The molecule has 1 amide bonds. The molecule has 1 unspecified atom stereocenters. The zero-order valence-corrected chi connectivity index (χ0v) is 12.5. The number of piperidine rings is 1. The Kier molecular flexibility index (Phi) is 3.28. The number of aromatic nitrogens is 2. The lowest BCUT2D eigenvalue weighted by Crippen LogP contribution is -2.39. The Balaban J connectivity index is 1.34. The first-order chi connectivity index (χ1) is 11.2. The molecule has 0 radical (unpaired) electrons. The van der Waals surface area contributed by atoms with Crippen LogP contribution in [0.3, 0.4) is 0 Å². The second-order valence-corrected chi connectivity index (χ2v) is 6.28. The van der Waals surface area contributed by atoms with Gasteiger partial charge in [0.25, 0.3) is 5.91 Å². The molecule has 2 aromatic heterocycles. The zero-order valence-electron chi connectivity index (χ0n) is 12.5. The first-order valence-corrected chi connectivity index (χ1v) is 7.75. The SMILES string of the molecule is O=C(NC1CC12CCN(c1cccc(F)n1)CC2)c1ccon1. The van der Waals surface area contributed by atoms with Crippen molar-refractivity contribution in [2.24, 2.45) is 5.41 Å². The van der Waals surface area contributed by atoms with Crippen LogP contribution in [0.4, 0.5) is 10.2 Å². The lowest BCUT2D eigenvalue weighted by atomic mass is 9.92. The van der Waals surface area contributed by atoms with Crippen LogP contribution in [-0.2, 0) is 0 Å². The molecular weight excluding hydrogens is 299 g/mol. The third-order valence-electron chi connectivity index (χ3n) is 4.95. The maximum Gasteiger partial charge on any atom is 0.273 e. The number of nitrogens with zero attached hydrogens (tertiary/aromatic N) is 3. The summed E-state index contributed by atoms with van der Waals surface area (Å²) in [6.07, 6.45) is 4.31. The number of carbonyl (C=O) groups excluding carboxylic acids is 1. The molecule has 23 heavy (non-hydrogen) atoms. The molecule has 1 atom stereocenters. The number of hydrogen-bond donors (Lipinski definition) is 1. The van der Waals surface area contributed by atoms with Gasteiger partial charge in [-0.2, -0.15) is 4.39 Å². The number of amides is 1. The number of nitrogens with one attached hydrogen (secondary N) is 1. The van der Waals surface area contributed by atoms with Gasteiger partial charge in [0, 0.05) is 25.2 Å². The predicted octanol–water partition coefficient (Wildman–Crippen LogP) is 2.00. The van der Waals surface area contributed by atoms with Crippen LogP contribution in [0.5, 0.6) is 0 Å².